The largest absolute Gasteiger partial charge is 0.462 e. The molecule has 142 valence electrons. The lowest BCUT2D eigenvalue weighted by Gasteiger charge is -2.22. The van der Waals surface area contributed by atoms with Crippen molar-refractivity contribution in [3.8, 4) is 12.0 Å². The summed E-state index contributed by atoms with van der Waals surface area (Å²) in [6.07, 6.45) is 1.95. The minimum atomic E-state index is -0.118. The Kier molecular flexibility index (Phi) is 6.49. The molecule has 0 aliphatic heterocycles. The first-order chi connectivity index (χ1) is 12.7. The van der Waals surface area contributed by atoms with Gasteiger partial charge in [0.2, 0.25) is 5.91 Å². The van der Waals surface area contributed by atoms with Crippen LogP contribution in [0.3, 0.4) is 0 Å². The van der Waals surface area contributed by atoms with Crippen LogP contribution in [0, 0.1) is 12.0 Å². The molecule has 0 saturated heterocycles. The van der Waals surface area contributed by atoms with Gasteiger partial charge in [-0.1, -0.05) is 26.8 Å². The quantitative estimate of drug-likeness (QED) is 0.681. The SMILES string of the molecule is COCc1c(C#CO)cccc1Nc1cc(NC(C)=O)cc(C(C)(C)C)c1. The van der Waals surface area contributed by atoms with Gasteiger partial charge in [0.1, 0.15) is 6.11 Å². The smallest absolute Gasteiger partial charge is 0.221 e. The van der Waals surface area contributed by atoms with Crippen LogP contribution in [0.15, 0.2) is 36.4 Å². The number of aliphatic hydroxyl groups is 1. The van der Waals surface area contributed by atoms with Crippen LogP contribution in [0.25, 0.3) is 0 Å². The summed E-state index contributed by atoms with van der Waals surface area (Å²) in [5.74, 6) is 2.57. The van der Waals surface area contributed by atoms with E-state index in [0.29, 0.717) is 12.2 Å². The fourth-order valence-corrected chi connectivity index (χ4v) is 2.74. The zero-order valence-electron chi connectivity index (χ0n) is 16.4. The van der Waals surface area contributed by atoms with E-state index in [0.717, 1.165) is 28.2 Å². The van der Waals surface area contributed by atoms with E-state index in [1.807, 2.05) is 36.4 Å². The Balaban J connectivity index is 2.51. The minimum Gasteiger partial charge on any atom is -0.462 e. The molecule has 5 heteroatoms. The molecule has 0 aromatic heterocycles. The fraction of sp³-hybridized carbons (Fsp3) is 0.318. The summed E-state index contributed by atoms with van der Waals surface area (Å²) < 4.78 is 5.30. The fourth-order valence-electron chi connectivity index (χ4n) is 2.74. The van der Waals surface area contributed by atoms with Gasteiger partial charge in [-0.25, -0.2) is 0 Å². The Labute approximate surface area is 160 Å². The number of carbonyl (C=O) groups excluding carboxylic acids is 1. The van der Waals surface area contributed by atoms with Crippen LogP contribution < -0.4 is 10.6 Å². The highest BCUT2D eigenvalue weighted by atomic mass is 16.5. The number of methoxy groups -OCH3 is 1. The average molecular weight is 366 g/mol. The first-order valence-electron chi connectivity index (χ1n) is 8.70. The number of anilines is 3. The second-order valence-electron chi connectivity index (χ2n) is 7.36. The number of hydrogen-bond acceptors (Lipinski definition) is 4. The normalized spacial score (nSPS) is 10.7. The van der Waals surface area contributed by atoms with E-state index in [2.05, 4.69) is 43.4 Å². The molecule has 2 aromatic carbocycles. The van der Waals surface area contributed by atoms with Gasteiger partial charge in [0.25, 0.3) is 0 Å². The number of amides is 1. The molecule has 1 amide bonds. The summed E-state index contributed by atoms with van der Waals surface area (Å²) >= 11 is 0. The number of nitrogens with one attached hydrogen (secondary N) is 2. The van der Waals surface area contributed by atoms with E-state index in [1.165, 1.54) is 6.92 Å². The first kappa shape index (κ1) is 20.3. The van der Waals surface area contributed by atoms with Gasteiger partial charge in [0, 0.05) is 42.2 Å². The maximum atomic E-state index is 11.5. The molecule has 0 fully saturated rings. The standard InChI is InChI=1S/C22H26N2O3/c1-15(26)23-18-11-17(22(2,3)4)12-19(13-18)24-21-8-6-7-16(9-10-25)20(21)14-27-5/h6-8,11-13,24-25H,14H2,1-5H3,(H,23,26). The Morgan fingerprint density at radius 2 is 1.89 bits per heavy atom. The highest BCUT2D eigenvalue weighted by molar-refractivity contribution is 5.89. The summed E-state index contributed by atoms with van der Waals surface area (Å²) in [6, 6.07) is 11.6. The monoisotopic (exact) mass is 366 g/mol. The summed E-state index contributed by atoms with van der Waals surface area (Å²) in [5.41, 5.74) is 4.97. The molecule has 2 rings (SSSR count). The van der Waals surface area contributed by atoms with E-state index < -0.39 is 0 Å². The van der Waals surface area contributed by atoms with Gasteiger partial charge in [0.15, 0.2) is 0 Å². The van der Waals surface area contributed by atoms with E-state index in [9.17, 15) is 4.79 Å². The Morgan fingerprint density at radius 3 is 2.48 bits per heavy atom. The van der Waals surface area contributed by atoms with Crippen molar-refractivity contribution in [2.75, 3.05) is 17.7 Å². The molecular weight excluding hydrogens is 340 g/mol. The van der Waals surface area contributed by atoms with Crippen molar-refractivity contribution in [1.82, 2.24) is 0 Å². The van der Waals surface area contributed by atoms with Crippen molar-refractivity contribution in [3.63, 3.8) is 0 Å². The lowest BCUT2D eigenvalue weighted by atomic mass is 9.86. The summed E-state index contributed by atoms with van der Waals surface area (Å²) in [7, 11) is 1.61. The van der Waals surface area contributed by atoms with Crippen molar-refractivity contribution in [2.24, 2.45) is 0 Å². The summed E-state index contributed by atoms with van der Waals surface area (Å²) in [4.78, 5) is 11.5. The first-order valence-corrected chi connectivity index (χ1v) is 8.70. The van der Waals surface area contributed by atoms with Crippen LogP contribution in [0.5, 0.6) is 0 Å². The Morgan fingerprint density at radius 1 is 1.19 bits per heavy atom. The molecule has 0 bridgehead atoms. The van der Waals surface area contributed by atoms with Gasteiger partial charge in [-0.3, -0.25) is 4.79 Å². The van der Waals surface area contributed by atoms with Gasteiger partial charge >= 0.3 is 0 Å². The van der Waals surface area contributed by atoms with Gasteiger partial charge in [-0.05, 0) is 47.2 Å². The molecule has 0 saturated carbocycles. The molecule has 0 unspecified atom stereocenters. The van der Waals surface area contributed by atoms with Crippen LogP contribution in [-0.2, 0) is 21.6 Å². The maximum Gasteiger partial charge on any atom is 0.221 e. The number of aliphatic hydroxyl groups excluding tert-OH is 1. The Bertz CT molecular complexity index is 887. The predicted molar refractivity (Wildman–Crippen MR) is 109 cm³/mol. The maximum absolute atomic E-state index is 11.5. The minimum absolute atomic E-state index is 0.0789. The van der Waals surface area contributed by atoms with Crippen molar-refractivity contribution >= 4 is 23.0 Å². The molecule has 27 heavy (non-hydrogen) atoms. The topological polar surface area (TPSA) is 70.6 Å². The number of hydrogen-bond donors (Lipinski definition) is 3. The molecule has 2 aromatic rings. The van der Waals surface area contributed by atoms with Crippen LogP contribution in [-0.4, -0.2) is 18.1 Å². The van der Waals surface area contributed by atoms with E-state index >= 15 is 0 Å². The zero-order chi connectivity index (χ0) is 20.0. The number of ether oxygens (including phenoxy) is 1. The molecule has 0 atom stereocenters. The van der Waals surface area contributed by atoms with Crippen LogP contribution in [0.2, 0.25) is 0 Å². The third kappa shape index (κ3) is 5.50. The third-order valence-electron chi connectivity index (χ3n) is 4.05. The number of rotatable bonds is 5. The molecule has 5 nitrogen and oxygen atoms in total. The van der Waals surface area contributed by atoms with Crippen LogP contribution in [0.1, 0.15) is 44.4 Å². The third-order valence-corrected chi connectivity index (χ3v) is 4.05. The van der Waals surface area contributed by atoms with E-state index in [4.69, 9.17) is 9.84 Å². The van der Waals surface area contributed by atoms with E-state index in [-0.39, 0.29) is 11.3 Å². The van der Waals surface area contributed by atoms with Crippen molar-refractivity contribution < 1.29 is 14.6 Å². The molecule has 0 radical (unpaired) electrons. The average Bonchev–Trinajstić information content (AvgIpc) is 2.56. The highest BCUT2D eigenvalue weighted by Crippen LogP contribution is 2.31. The van der Waals surface area contributed by atoms with Crippen molar-refractivity contribution in [1.29, 1.82) is 0 Å². The number of carbonyl (C=O) groups is 1. The van der Waals surface area contributed by atoms with Crippen LogP contribution >= 0.6 is 0 Å². The van der Waals surface area contributed by atoms with Crippen molar-refractivity contribution in [2.45, 2.75) is 39.7 Å². The lowest BCUT2D eigenvalue weighted by molar-refractivity contribution is -0.114. The zero-order valence-corrected chi connectivity index (χ0v) is 16.4. The molecule has 0 heterocycles. The highest BCUT2D eigenvalue weighted by Gasteiger charge is 2.16. The van der Waals surface area contributed by atoms with Crippen LogP contribution in [0.4, 0.5) is 17.1 Å². The summed E-state index contributed by atoms with van der Waals surface area (Å²) in [5, 5.41) is 15.2. The predicted octanol–water partition coefficient (Wildman–Crippen LogP) is 4.51. The summed E-state index contributed by atoms with van der Waals surface area (Å²) in [6.45, 7) is 8.21. The molecule has 0 spiro atoms. The second-order valence-corrected chi connectivity index (χ2v) is 7.36. The Hall–Kier alpha value is -2.97. The number of benzene rings is 2. The van der Waals surface area contributed by atoms with Gasteiger partial charge in [-0.2, -0.15) is 0 Å². The van der Waals surface area contributed by atoms with Gasteiger partial charge < -0.3 is 20.5 Å². The second kappa shape index (κ2) is 8.61. The molecule has 0 aliphatic carbocycles. The van der Waals surface area contributed by atoms with Crippen molar-refractivity contribution in [3.05, 3.63) is 53.1 Å². The molecule has 3 N–H and O–H groups in total. The lowest BCUT2D eigenvalue weighted by Crippen LogP contribution is -2.13. The van der Waals surface area contributed by atoms with E-state index in [1.54, 1.807) is 7.11 Å². The van der Waals surface area contributed by atoms with Gasteiger partial charge in [0.05, 0.1) is 6.61 Å². The molecule has 0 aliphatic rings. The molecular formula is C22H26N2O3. The van der Waals surface area contributed by atoms with Gasteiger partial charge in [-0.15, -0.1) is 0 Å².